The van der Waals surface area contributed by atoms with Crippen molar-refractivity contribution in [2.45, 2.75) is 25.4 Å². The lowest BCUT2D eigenvalue weighted by Crippen LogP contribution is -2.28. The van der Waals surface area contributed by atoms with Crippen LogP contribution < -0.4 is 0 Å². The van der Waals surface area contributed by atoms with E-state index >= 15 is 0 Å². The van der Waals surface area contributed by atoms with Gasteiger partial charge in [0.25, 0.3) is 0 Å². The normalized spacial score (nSPS) is 16.3. The summed E-state index contributed by atoms with van der Waals surface area (Å²) in [6.45, 7) is 1.46. The Kier molecular flexibility index (Phi) is 3.68. The Hall–Kier alpha value is -0.280. The molecule has 1 unspecified atom stereocenters. The van der Waals surface area contributed by atoms with Gasteiger partial charge in [-0.3, -0.25) is 4.79 Å². The highest BCUT2D eigenvalue weighted by molar-refractivity contribution is 6.17. The summed E-state index contributed by atoms with van der Waals surface area (Å²) in [5, 5.41) is 17.5. The molecule has 0 radical (unpaired) electrons. The summed E-state index contributed by atoms with van der Waals surface area (Å²) in [5.74, 6) is -0.726. The first-order chi connectivity index (χ1) is 4.48. The van der Waals surface area contributed by atoms with Gasteiger partial charge in [0.05, 0.1) is 12.0 Å². The standard InChI is InChI=1S/C6H11ClO3/c1-6(10,2-3-7)4-5(8)9/h10H,2-4H2,1H3,(H,8,9). The van der Waals surface area contributed by atoms with Gasteiger partial charge in [-0.25, -0.2) is 0 Å². The maximum absolute atomic E-state index is 10.1. The predicted molar refractivity (Wildman–Crippen MR) is 38.2 cm³/mol. The Labute approximate surface area is 64.6 Å². The molecule has 0 heterocycles. The van der Waals surface area contributed by atoms with Gasteiger partial charge in [-0.15, -0.1) is 11.6 Å². The van der Waals surface area contributed by atoms with Gasteiger partial charge in [0.2, 0.25) is 0 Å². The minimum absolute atomic E-state index is 0.250. The largest absolute Gasteiger partial charge is 0.481 e. The number of alkyl halides is 1. The Bertz CT molecular complexity index is 122. The van der Waals surface area contributed by atoms with Gasteiger partial charge in [0.15, 0.2) is 0 Å². The molecule has 2 N–H and O–H groups in total. The monoisotopic (exact) mass is 166 g/mol. The fourth-order valence-corrected chi connectivity index (χ4v) is 1.02. The summed E-state index contributed by atoms with van der Waals surface area (Å²) in [4.78, 5) is 10.1. The third kappa shape index (κ3) is 4.58. The molecule has 0 amide bonds. The Morgan fingerprint density at radius 2 is 2.20 bits per heavy atom. The van der Waals surface area contributed by atoms with Crippen LogP contribution in [0.5, 0.6) is 0 Å². The van der Waals surface area contributed by atoms with Crippen molar-refractivity contribution in [1.29, 1.82) is 0 Å². The van der Waals surface area contributed by atoms with Crippen molar-refractivity contribution in [3.8, 4) is 0 Å². The highest BCUT2D eigenvalue weighted by atomic mass is 35.5. The van der Waals surface area contributed by atoms with Crippen LogP contribution in [0.15, 0.2) is 0 Å². The molecule has 0 saturated heterocycles. The summed E-state index contributed by atoms with van der Waals surface area (Å²) in [6.07, 6.45) is 0.0561. The van der Waals surface area contributed by atoms with Crippen LogP contribution in [0.4, 0.5) is 0 Å². The van der Waals surface area contributed by atoms with E-state index in [1.54, 1.807) is 0 Å². The lowest BCUT2D eigenvalue weighted by molar-refractivity contribution is -0.141. The van der Waals surface area contributed by atoms with Crippen LogP contribution in [0.2, 0.25) is 0 Å². The fourth-order valence-electron chi connectivity index (χ4n) is 0.618. The minimum Gasteiger partial charge on any atom is -0.481 e. The lowest BCUT2D eigenvalue weighted by atomic mass is 10.00. The zero-order valence-corrected chi connectivity index (χ0v) is 6.56. The molecule has 0 rings (SSSR count). The van der Waals surface area contributed by atoms with Gasteiger partial charge >= 0.3 is 5.97 Å². The highest BCUT2D eigenvalue weighted by Crippen LogP contribution is 2.14. The quantitative estimate of drug-likeness (QED) is 0.609. The van der Waals surface area contributed by atoms with Gasteiger partial charge in [0.1, 0.15) is 0 Å². The molecule has 0 bridgehead atoms. The second-order valence-corrected chi connectivity index (χ2v) is 2.88. The van der Waals surface area contributed by atoms with Crippen molar-refractivity contribution in [2.24, 2.45) is 0 Å². The molecule has 0 spiro atoms. The minimum atomic E-state index is -1.16. The van der Waals surface area contributed by atoms with Gasteiger partial charge < -0.3 is 10.2 Å². The average Bonchev–Trinajstić information content (AvgIpc) is 1.59. The van der Waals surface area contributed by atoms with Gasteiger partial charge in [-0.1, -0.05) is 0 Å². The third-order valence-electron chi connectivity index (χ3n) is 1.17. The molecule has 0 aliphatic carbocycles. The predicted octanol–water partition coefficient (Wildman–Crippen LogP) is 0.841. The first kappa shape index (κ1) is 9.72. The summed E-state index contributed by atoms with van der Waals surface area (Å²) < 4.78 is 0. The van der Waals surface area contributed by atoms with E-state index < -0.39 is 11.6 Å². The molecule has 10 heavy (non-hydrogen) atoms. The van der Waals surface area contributed by atoms with Crippen molar-refractivity contribution in [2.75, 3.05) is 5.88 Å². The number of carbonyl (C=O) groups is 1. The van der Waals surface area contributed by atoms with Gasteiger partial charge in [-0.05, 0) is 13.3 Å². The van der Waals surface area contributed by atoms with Crippen molar-refractivity contribution in [3.05, 3.63) is 0 Å². The SMILES string of the molecule is CC(O)(CCCl)CC(=O)O. The molecule has 0 aliphatic heterocycles. The van der Waals surface area contributed by atoms with Crippen LogP contribution in [0.3, 0.4) is 0 Å². The van der Waals surface area contributed by atoms with Crippen molar-refractivity contribution >= 4 is 17.6 Å². The molecule has 60 valence electrons. The van der Waals surface area contributed by atoms with E-state index in [4.69, 9.17) is 16.7 Å². The van der Waals surface area contributed by atoms with Crippen molar-refractivity contribution in [3.63, 3.8) is 0 Å². The third-order valence-corrected chi connectivity index (χ3v) is 1.35. The van der Waals surface area contributed by atoms with Crippen LogP contribution in [0.1, 0.15) is 19.8 Å². The summed E-state index contributed by atoms with van der Waals surface area (Å²) in [5.41, 5.74) is -1.16. The molecule has 3 nitrogen and oxygen atoms in total. The molecule has 1 atom stereocenters. The van der Waals surface area contributed by atoms with E-state index in [1.165, 1.54) is 6.92 Å². The number of halogens is 1. The van der Waals surface area contributed by atoms with Crippen LogP contribution in [0, 0.1) is 0 Å². The number of carboxylic acids is 1. The Morgan fingerprint density at radius 1 is 1.70 bits per heavy atom. The van der Waals surface area contributed by atoms with Crippen LogP contribution in [-0.2, 0) is 4.79 Å². The summed E-state index contributed by atoms with van der Waals surface area (Å²) >= 11 is 5.32. The van der Waals surface area contributed by atoms with Crippen LogP contribution >= 0.6 is 11.6 Å². The van der Waals surface area contributed by atoms with Gasteiger partial charge in [-0.2, -0.15) is 0 Å². The lowest BCUT2D eigenvalue weighted by Gasteiger charge is -2.18. The molecular formula is C6H11ClO3. The zero-order valence-electron chi connectivity index (χ0n) is 5.80. The number of hydrogen-bond donors (Lipinski definition) is 2. The smallest absolute Gasteiger partial charge is 0.306 e. The molecule has 0 aliphatic rings. The Balaban J connectivity index is 3.74. The maximum Gasteiger partial charge on any atom is 0.306 e. The van der Waals surface area contributed by atoms with Crippen molar-refractivity contribution < 1.29 is 15.0 Å². The zero-order chi connectivity index (χ0) is 8.20. The van der Waals surface area contributed by atoms with Gasteiger partial charge in [0, 0.05) is 5.88 Å². The summed E-state index contributed by atoms with van der Waals surface area (Å²) in [7, 11) is 0. The number of hydrogen-bond acceptors (Lipinski definition) is 2. The highest BCUT2D eigenvalue weighted by Gasteiger charge is 2.22. The average molecular weight is 167 g/mol. The maximum atomic E-state index is 10.1. The first-order valence-corrected chi connectivity index (χ1v) is 3.51. The second-order valence-electron chi connectivity index (χ2n) is 2.51. The van der Waals surface area contributed by atoms with E-state index in [-0.39, 0.29) is 12.3 Å². The molecular weight excluding hydrogens is 156 g/mol. The van der Waals surface area contributed by atoms with E-state index in [0.717, 1.165) is 0 Å². The Morgan fingerprint density at radius 3 is 2.50 bits per heavy atom. The molecule has 0 fully saturated rings. The molecule has 0 saturated carbocycles. The molecule has 0 aromatic heterocycles. The van der Waals surface area contributed by atoms with Crippen LogP contribution in [0.25, 0.3) is 0 Å². The van der Waals surface area contributed by atoms with Crippen molar-refractivity contribution in [1.82, 2.24) is 0 Å². The molecule has 4 heteroatoms. The summed E-state index contributed by atoms with van der Waals surface area (Å²) in [6, 6.07) is 0. The van der Waals surface area contributed by atoms with E-state index in [0.29, 0.717) is 6.42 Å². The van der Waals surface area contributed by atoms with E-state index in [1.807, 2.05) is 0 Å². The molecule has 0 aromatic rings. The first-order valence-electron chi connectivity index (χ1n) is 2.98. The number of aliphatic carboxylic acids is 1. The number of aliphatic hydroxyl groups is 1. The molecule has 0 aromatic carbocycles. The topological polar surface area (TPSA) is 57.5 Å². The van der Waals surface area contributed by atoms with E-state index in [2.05, 4.69) is 0 Å². The fraction of sp³-hybridized carbons (Fsp3) is 0.833. The number of rotatable bonds is 4. The van der Waals surface area contributed by atoms with Crippen LogP contribution in [-0.4, -0.2) is 27.7 Å². The number of carboxylic acid groups (broad SMARTS) is 1. The van der Waals surface area contributed by atoms with E-state index in [9.17, 15) is 9.90 Å². The second kappa shape index (κ2) is 3.78.